The Kier molecular flexibility index (Phi) is 11.9. The molecule has 0 heterocycles. The molecule has 1 atom stereocenters. The van der Waals surface area contributed by atoms with Crippen molar-refractivity contribution < 1.29 is 14.3 Å². The van der Waals surface area contributed by atoms with Gasteiger partial charge in [0.1, 0.15) is 17.4 Å². The van der Waals surface area contributed by atoms with Crippen LogP contribution >= 0.6 is 0 Å². The smallest absolute Gasteiger partial charge is 0.323 e. The molecular weight excluding hydrogens is 350 g/mol. The number of hydrogen-bond acceptors (Lipinski definition) is 4. The van der Waals surface area contributed by atoms with E-state index in [-0.39, 0.29) is 5.97 Å². The van der Waals surface area contributed by atoms with Gasteiger partial charge in [-0.25, -0.2) is 0 Å². The lowest BCUT2D eigenvalue weighted by Crippen LogP contribution is -2.38. The van der Waals surface area contributed by atoms with E-state index in [0.29, 0.717) is 6.42 Å². The Labute approximate surface area is 171 Å². The van der Waals surface area contributed by atoms with E-state index in [9.17, 15) is 4.79 Å². The van der Waals surface area contributed by atoms with Crippen LogP contribution in [0.25, 0.3) is 11.1 Å². The minimum Gasteiger partial charge on any atom is -0.497 e. The van der Waals surface area contributed by atoms with Crippen molar-refractivity contribution in [3.8, 4) is 16.9 Å². The molecule has 1 unspecified atom stereocenters. The standard InChI is InChI=1S/C20H25NO3.2C2H6/c1-20(2,3)24-19(22)18(21)12-14-8-10-15(11-9-14)16-6-5-7-17(13-16)23-4;2*1-2/h5-11,13,18H,12,21H2,1-4H3;2*1-2H3. The lowest BCUT2D eigenvalue weighted by Gasteiger charge is -2.22. The summed E-state index contributed by atoms with van der Waals surface area (Å²) in [5, 5.41) is 0. The molecule has 2 aromatic rings. The summed E-state index contributed by atoms with van der Waals surface area (Å²) < 4.78 is 10.6. The lowest BCUT2D eigenvalue weighted by atomic mass is 10.0. The maximum absolute atomic E-state index is 12.0. The molecule has 0 saturated heterocycles. The van der Waals surface area contributed by atoms with E-state index < -0.39 is 11.6 Å². The summed E-state index contributed by atoms with van der Waals surface area (Å²) in [4.78, 5) is 12.0. The van der Waals surface area contributed by atoms with Gasteiger partial charge in [-0.3, -0.25) is 4.79 Å². The summed E-state index contributed by atoms with van der Waals surface area (Å²) >= 11 is 0. The van der Waals surface area contributed by atoms with Crippen LogP contribution in [0.15, 0.2) is 48.5 Å². The molecule has 4 nitrogen and oxygen atoms in total. The Morgan fingerprint density at radius 2 is 1.54 bits per heavy atom. The monoisotopic (exact) mass is 387 g/mol. The molecule has 0 amide bonds. The van der Waals surface area contributed by atoms with Crippen molar-refractivity contribution in [3.63, 3.8) is 0 Å². The van der Waals surface area contributed by atoms with Gasteiger partial charge < -0.3 is 15.2 Å². The van der Waals surface area contributed by atoms with Gasteiger partial charge >= 0.3 is 5.97 Å². The molecule has 4 heteroatoms. The summed E-state index contributed by atoms with van der Waals surface area (Å²) in [6.07, 6.45) is 0.452. The maximum atomic E-state index is 12.0. The van der Waals surface area contributed by atoms with Gasteiger partial charge in [0.2, 0.25) is 0 Å². The van der Waals surface area contributed by atoms with Crippen molar-refractivity contribution in [1.82, 2.24) is 0 Å². The van der Waals surface area contributed by atoms with Crippen LogP contribution in [-0.2, 0) is 16.0 Å². The van der Waals surface area contributed by atoms with E-state index in [2.05, 4.69) is 0 Å². The van der Waals surface area contributed by atoms with Gasteiger partial charge in [0.15, 0.2) is 0 Å². The zero-order chi connectivity index (χ0) is 21.7. The van der Waals surface area contributed by atoms with E-state index in [1.54, 1.807) is 7.11 Å². The molecular formula is C24H37NO3. The highest BCUT2D eigenvalue weighted by atomic mass is 16.6. The number of rotatable bonds is 5. The maximum Gasteiger partial charge on any atom is 0.323 e. The van der Waals surface area contributed by atoms with Crippen LogP contribution in [0.5, 0.6) is 5.75 Å². The van der Waals surface area contributed by atoms with E-state index in [1.165, 1.54) is 0 Å². The number of methoxy groups -OCH3 is 1. The van der Waals surface area contributed by atoms with Crippen molar-refractivity contribution >= 4 is 5.97 Å². The summed E-state index contributed by atoms with van der Waals surface area (Å²) in [7, 11) is 1.65. The van der Waals surface area contributed by atoms with Crippen LogP contribution in [0.3, 0.4) is 0 Å². The van der Waals surface area contributed by atoms with Gasteiger partial charge in [0.25, 0.3) is 0 Å². The van der Waals surface area contributed by atoms with Gasteiger partial charge in [-0.15, -0.1) is 0 Å². The fourth-order valence-corrected chi connectivity index (χ4v) is 2.35. The first-order valence-electron chi connectivity index (χ1n) is 10.0. The number of nitrogens with two attached hydrogens (primary N) is 1. The number of ether oxygens (including phenoxy) is 2. The summed E-state index contributed by atoms with van der Waals surface area (Å²) in [6.45, 7) is 13.5. The molecule has 0 radical (unpaired) electrons. The average molecular weight is 388 g/mol. The molecule has 0 saturated carbocycles. The first-order valence-corrected chi connectivity index (χ1v) is 10.0. The Morgan fingerprint density at radius 1 is 0.964 bits per heavy atom. The second-order valence-corrected chi connectivity index (χ2v) is 6.77. The molecule has 0 aliphatic carbocycles. The first kappa shape index (κ1) is 25.7. The summed E-state index contributed by atoms with van der Waals surface area (Å²) in [6, 6.07) is 15.2. The summed E-state index contributed by atoms with van der Waals surface area (Å²) in [5.74, 6) is 0.447. The van der Waals surface area contributed by atoms with Crippen LogP contribution in [0, 0.1) is 0 Å². The highest BCUT2D eigenvalue weighted by molar-refractivity contribution is 5.76. The van der Waals surface area contributed by atoms with E-state index in [4.69, 9.17) is 15.2 Å². The minimum atomic E-state index is -0.660. The largest absolute Gasteiger partial charge is 0.497 e. The van der Waals surface area contributed by atoms with Crippen molar-refractivity contribution in [1.29, 1.82) is 0 Å². The van der Waals surface area contributed by atoms with Gasteiger partial charge in [-0.1, -0.05) is 64.1 Å². The zero-order valence-corrected chi connectivity index (χ0v) is 18.7. The number of esters is 1. The van der Waals surface area contributed by atoms with E-state index >= 15 is 0 Å². The third-order valence-corrected chi connectivity index (χ3v) is 3.52. The second-order valence-electron chi connectivity index (χ2n) is 6.77. The SMILES string of the molecule is CC.CC.COc1cccc(-c2ccc(CC(N)C(=O)OC(C)(C)C)cc2)c1. The van der Waals surface area contributed by atoms with Crippen molar-refractivity contribution in [3.05, 3.63) is 54.1 Å². The number of carbonyl (C=O) groups is 1. The molecule has 0 aliphatic rings. The predicted octanol–water partition coefficient (Wildman–Crippen LogP) is 5.63. The zero-order valence-electron chi connectivity index (χ0n) is 18.7. The Bertz CT molecular complexity index is 688. The Balaban J connectivity index is 0.00000171. The molecule has 0 aliphatic heterocycles. The highest BCUT2D eigenvalue weighted by Crippen LogP contribution is 2.24. The number of benzene rings is 2. The topological polar surface area (TPSA) is 61.5 Å². The van der Waals surface area contributed by atoms with Crippen LogP contribution in [0.2, 0.25) is 0 Å². The van der Waals surface area contributed by atoms with Crippen LogP contribution < -0.4 is 10.5 Å². The molecule has 2 N–H and O–H groups in total. The van der Waals surface area contributed by atoms with E-state index in [1.807, 2.05) is 97.0 Å². The minimum absolute atomic E-state index is 0.376. The number of hydrogen-bond donors (Lipinski definition) is 1. The van der Waals surface area contributed by atoms with Gasteiger partial charge in [-0.05, 0) is 56.0 Å². The van der Waals surface area contributed by atoms with Gasteiger partial charge in [-0.2, -0.15) is 0 Å². The summed E-state index contributed by atoms with van der Waals surface area (Å²) in [5.41, 5.74) is 8.60. The van der Waals surface area contributed by atoms with Crippen molar-refractivity contribution in [2.45, 2.75) is 66.5 Å². The first-order chi connectivity index (χ1) is 13.3. The van der Waals surface area contributed by atoms with Gasteiger partial charge in [0.05, 0.1) is 7.11 Å². The number of carbonyl (C=O) groups excluding carboxylic acids is 1. The quantitative estimate of drug-likeness (QED) is 0.676. The Morgan fingerprint density at radius 3 is 2.04 bits per heavy atom. The van der Waals surface area contributed by atoms with Crippen molar-refractivity contribution in [2.75, 3.05) is 7.11 Å². The Hall–Kier alpha value is -2.33. The predicted molar refractivity (Wildman–Crippen MR) is 119 cm³/mol. The normalized spacial score (nSPS) is 11.2. The third-order valence-electron chi connectivity index (χ3n) is 3.52. The molecule has 0 fully saturated rings. The molecule has 2 aromatic carbocycles. The fraction of sp³-hybridized carbons (Fsp3) is 0.458. The molecule has 0 bridgehead atoms. The third kappa shape index (κ3) is 9.05. The lowest BCUT2D eigenvalue weighted by molar-refractivity contribution is -0.156. The molecule has 2 rings (SSSR count). The van der Waals surface area contributed by atoms with E-state index in [0.717, 1.165) is 22.4 Å². The average Bonchev–Trinajstić information content (AvgIpc) is 2.70. The van der Waals surface area contributed by atoms with Gasteiger partial charge in [0, 0.05) is 0 Å². The van der Waals surface area contributed by atoms with Crippen LogP contribution in [-0.4, -0.2) is 24.7 Å². The molecule has 0 aromatic heterocycles. The molecule has 0 spiro atoms. The molecule has 28 heavy (non-hydrogen) atoms. The molecule has 156 valence electrons. The van der Waals surface area contributed by atoms with Crippen LogP contribution in [0.4, 0.5) is 0 Å². The second kappa shape index (κ2) is 12.9. The highest BCUT2D eigenvalue weighted by Gasteiger charge is 2.22. The van der Waals surface area contributed by atoms with Crippen LogP contribution in [0.1, 0.15) is 54.0 Å². The fourth-order valence-electron chi connectivity index (χ4n) is 2.35. The van der Waals surface area contributed by atoms with Crippen molar-refractivity contribution in [2.24, 2.45) is 5.73 Å².